The number of rotatable bonds is 11. The van der Waals surface area contributed by atoms with Crippen molar-refractivity contribution in [1.29, 1.82) is 0 Å². The summed E-state index contributed by atoms with van der Waals surface area (Å²) in [6.45, 7) is 9.85. The van der Waals surface area contributed by atoms with E-state index < -0.39 is 0 Å². The third kappa shape index (κ3) is 5.72. The highest BCUT2D eigenvalue weighted by Crippen LogP contribution is 2.37. The zero-order valence-corrected chi connectivity index (χ0v) is 19.5. The van der Waals surface area contributed by atoms with E-state index in [2.05, 4.69) is 12.2 Å². The fraction of sp³-hybridized carbons (Fsp3) is 0.370. The first-order chi connectivity index (χ1) is 15.6. The number of fused-ring (bicyclic) bond motifs is 1. The highest BCUT2D eigenvalue weighted by atomic mass is 16.5. The fourth-order valence-corrected chi connectivity index (χ4v) is 3.67. The van der Waals surface area contributed by atoms with Gasteiger partial charge in [0.2, 0.25) is 5.91 Å². The second-order valence-corrected chi connectivity index (χ2v) is 7.71. The lowest BCUT2D eigenvalue weighted by Crippen LogP contribution is -2.22. The number of hydrogen-bond acceptors (Lipinski definition) is 4. The lowest BCUT2D eigenvalue weighted by molar-refractivity contribution is -0.116. The monoisotopic (exact) mass is 435 g/mol. The fourth-order valence-electron chi connectivity index (χ4n) is 3.67. The van der Waals surface area contributed by atoms with Crippen molar-refractivity contribution < 1.29 is 18.7 Å². The number of unbranched alkanes of at least 4 members (excludes halogenated alkanes) is 2. The molecule has 1 N–H and O–H groups in total. The predicted octanol–water partition coefficient (Wildman–Crippen LogP) is 6.61. The molecule has 0 fully saturated rings. The molecule has 170 valence electrons. The van der Waals surface area contributed by atoms with Crippen LogP contribution in [0.25, 0.3) is 27.7 Å². The Balaban J connectivity index is 1.94. The zero-order valence-electron chi connectivity index (χ0n) is 19.5. The summed E-state index contributed by atoms with van der Waals surface area (Å²) in [5, 5.41) is 3.94. The minimum atomic E-state index is -0.0833. The summed E-state index contributed by atoms with van der Waals surface area (Å²) in [6.07, 6.45) is 6.64. The number of ether oxygens (including phenoxy) is 2. The summed E-state index contributed by atoms with van der Waals surface area (Å²) in [7, 11) is 0. The maximum atomic E-state index is 12.4. The van der Waals surface area contributed by atoms with Crippen molar-refractivity contribution in [1.82, 2.24) is 5.32 Å². The molecule has 0 aliphatic heterocycles. The molecule has 1 amide bonds. The Hall–Kier alpha value is -3.21. The molecule has 0 aliphatic rings. The van der Waals surface area contributed by atoms with Crippen molar-refractivity contribution >= 4 is 22.4 Å². The molecule has 32 heavy (non-hydrogen) atoms. The highest BCUT2D eigenvalue weighted by molar-refractivity contribution is 6.00. The number of carbonyl (C=O) groups is 1. The van der Waals surface area contributed by atoms with Gasteiger partial charge in [-0.25, -0.2) is 0 Å². The van der Waals surface area contributed by atoms with E-state index in [-0.39, 0.29) is 5.91 Å². The molecule has 3 aromatic rings. The second-order valence-electron chi connectivity index (χ2n) is 7.71. The van der Waals surface area contributed by atoms with E-state index in [4.69, 9.17) is 13.9 Å². The van der Waals surface area contributed by atoms with Gasteiger partial charge in [-0.15, -0.1) is 0 Å². The van der Waals surface area contributed by atoms with E-state index in [1.807, 2.05) is 57.2 Å². The molecule has 0 saturated carbocycles. The van der Waals surface area contributed by atoms with Crippen LogP contribution in [-0.4, -0.2) is 25.7 Å². The largest absolute Gasteiger partial charge is 0.494 e. The summed E-state index contributed by atoms with van der Waals surface area (Å²) < 4.78 is 17.3. The van der Waals surface area contributed by atoms with Gasteiger partial charge < -0.3 is 19.2 Å². The second kappa shape index (κ2) is 11.4. The maximum Gasteiger partial charge on any atom is 0.244 e. The molecule has 0 saturated heterocycles. The van der Waals surface area contributed by atoms with Gasteiger partial charge in [-0.2, -0.15) is 0 Å². The standard InChI is InChI=1S/C27H33NO4/c1-5-8-9-14-28-27(29)15-19(4)22-16-23-24(18-32-26(23)17-25(22)31-7-3)20-10-12-21(13-11-20)30-6-2/h10-13,15-18H,5-9,14H2,1-4H3,(H,28,29)/b19-15+. The summed E-state index contributed by atoms with van der Waals surface area (Å²) in [4.78, 5) is 12.4. The first-order valence-electron chi connectivity index (χ1n) is 11.4. The van der Waals surface area contributed by atoms with Crippen LogP contribution in [0.2, 0.25) is 0 Å². The van der Waals surface area contributed by atoms with Crippen LogP contribution in [0.4, 0.5) is 0 Å². The lowest BCUT2D eigenvalue weighted by atomic mass is 9.99. The van der Waals surface area contributed by atoms with Crippen LogP contribution < -0.4 is 14.8 Å². The quantitative estimate of drug-likeness (QED) is 0.272. The topological polar surface area (TPSA) is 60.7 Å². The van der Waals surface area contributed by atoms with Gasteiger partial charge in [0.15, 0.2) is 0 Å². The van der Waals surface area contributed by atoms with Crippen LogP contribution in [0.3, 0.4) is 0 Å². The molecule has 0 radical (unpaired) electrons. The first kappa shape index (κ1) is 23.5. The van der Waals surface area contributed by atoms with Gasteiger partial charge in [0.1, 0.15) is 17.1 Å². The molecule has 0 aliphatic carbocycles. The van der Waals surface area contributed by atoms with Crippen LogP contribution in [0.5, 0.6) is 11.5 Å². The number of hydrogen-bond donors (Lipinski definition) is 1. The van der Waals surface area contributed by atoms with Crippen molar-refractivity contribution in [2.24, 2.45) is 0 Å². The van der Waals surface area contributed by atoms with Crippen molar-refractivity contribution in [2.75, 3.05) is 19.8 Å². The summed E-state index contributed by atoms with van der Waals surface area (Å²) in [5.41, 5.74) is 4.51. The minimum Gasteiger partial charge on any atom is -0.494 e. The molecule has 3 rings (SSSR count). The molecule has 1 aromatic heterocycles. The Morgan fingerprint density at radius 3 is 2.47 bits per heavy atom. The van der Waals surface area contributed by atoms with Gasteiger partial charge in [-0.1, -0.05) is 31.9 Å². The molecule has 5 nitrogen and oxygen atoms in total. The van der Waals surface area contributed by atoms with Gasteiger partial charge >= 0.3 is 0 Å². The molecular formula is C27H33NO4. The number of allylic oxidation sites excluding steroid dienone is 1. The van der Waals surface area contributed by atoms with E-state index in [1.54, 1.807) is 12.3 Å². The summed E-state index contributed by atoms with van der Waals surface area (Å²) in [6, 6.07) is 11.9. The molecule has 0 spiro atoms. The third-order valence-electron chi connectivity index (χ3n) is 5.30. The smallest absolute Gasteiger partial charge is 0.244 e. The Labute approximate surface area is 190 Å². The molecular weight excluding hydrogens is 402 g/mol. The van der Waals surface area contributed by atoms with Gasteiger partial charge in [0.25, 0.3) is 0 Å². The number of benzene rings is 2. The van der Waals surface area contributed by atoms with Gasteiger partial charge in [0, 0.05) is 35.2 Å². The van der Waals surface area contributed by atoms with E-state index in [1.165, 1.54) is 0 Å². The molecule has 0 bridgehead atoms. The van der Waals surface area contributed by atoms with Gasteiger partial charge in [-0.3, -0.25) is 4.79 Å². The van der Waals surface area contributed by atoms with Crippen LogP contribution in [0, 0.1) is 0 Å². The average Bonchev–Trinajstić information content (AvgIpc) is 3.20. The Morgan fingerprint density at radius 1 is 1.03 bits per heavy atom. The molecule has 2 aromatic carbocycles. The minimum absolute atomic E-state index is 0.0833. The van der Waals surface area contributed by atoms with Gasteiger partial charge in [0.05, 0.1) is 19.5 Å². The van der Waals surface area contributed by atoms with Crippen molar-refractivity contribution in [3.8, 4) is 22.6 Å². The van der Waals surface area contributed by atoms with E-state index in [9.17, 15) is 4.79 Å². The summed E-state index contributed by atoms with van der Waals surface area (Å²) in [5.74, 6) is 1.47. The third-order valence-corrected chi connectivity index (χ3v) is 5.30. The van der Waals surface area contributed by atoms with E-state index >= 15 is 0 Å². The van der Waals surface area contributed by atoms with Crippen molar-refractivity contribution in [3.63, 3.8) is 0 Å². The number of amides is 1. The zero-order chi connectivity index (χ0) is 22.9. The average molecular weight is 436 g/mol. The Bertz CT molecular complexity index is 1060. The lowest BCUT2D eigenvalue weighted by Gasteiger charge is -2.12. The molecule has 0 atom stereocenters. The Morgan fingerprint density at radius 2 is 1.78 bits per heavy atom. The van der Waals surface area contributed by atoms with Crippen LogP contribution in [0.1, 0.15) is 52.5 Å². The van der Waals surface area contributed by atoms with Crippen molar-refractivity contribution in [2.45, 2.75) is 47.0 Å². The number of furan rings is 1. The SMILES string of the molecule is CCCCCNC(=O)/C=C(\C)c1cc2c(-c3ccc(OCC)cc3)coc2cc1OCC. The normalized spacial score (nSPS) is 11.6. The number of carbonyl (C=O) groups excluding carboxylic acids is 1. The summed E-state index contributed by atoms with van der Waals surface area (Å²) >= 11 is 0. The molecule has 5 heteroatoms. The van der Waals surface area contributed by atoms with Gasteiger partial charge in [-0.05, 0) is 56.5 Å². The van der Waals surface area contributed by atoms with Crippen LogP contribution in [0.15, 0.2) is 53.2 Å². The molecule has 1 heterocycles. The van der Waals surface area contributed by atoms with E-state index in [0.29, 0.717) is 25.5 Å². The predicted molar refractivity (Wildman–Crippen MR) is 130 cm³/mol. The molecule has 0 unspecified atom stereocenters. The van der Waals surface area contributed by atoms with Crippen molar-refractivity contribution in [3.05, 3.63) is 54.3 Å². The maximum absolute atomic E-state index is 12.4. The van der Waals surface area contributed by atoms with E-state index in [0.717, 1.165) is 58.2 Å². The van der Waals surface area contributed by atoms with Crippen LogP contribution >= 0.6 is 0 Å². The van der Waals surface area contributed by atoms with Crippen LogP contribution in [-0.2, 0) is 4.79 Å². The first-order valence-corrected chi connectivity index (χ1v) is 11.4. The highest BCUT2D eigenvalue weighted by Gasteiger charge is 2.15. The Kier molecular flexibility index (Phi) is 8.37. The number of nitrogens with one attached hydrogen (secondary N) is 1.